The van der Waals surface area contributed by atoms with Crippen LogP contribution in [0.25, 0.3) is 0 Å². The first kappa shape index (κ1) is 11.0. The molecule has 0 saturated carbocycles. The number of aliphatic hydroxyl groups is 1. The molecule has 1 atom stereocenters. The first-order valence-electron chi connectivity index (χ1n) is 4.68. The van der Waals surface area contributed by atoms with Crippen molar-refractivity contribution in [2.45, 2.75) is 13.3 Å². The highest BCUT2D eigenvalue weighted by Crippen LogP contribution is 2.21. The van der Waals surface area contributed by atoms with Crippen molar-refractivity contribution in [2.75, 3.05) is 13.2 Å². The summed E-state index contributed by atoms with van der Waals surface area (Å²) in [7, 11) is 0. The predicted molar refractivity (Wildman–Crippen MR) is 56.1 cm³/mol. The monoisotopic (exact) mass is 195 g/mol. The van der Waals surface area contributed by atoms with E-state index in [4.69, 9.17) is 10.8 Å². The number of benzene rings is 1. The second-order valence-electron chi connectivity index (χ2n) is 4.02. The molecule has 1 unspecified atom stereocenters. The molecule has 0 heterocycles. The molecule has 0 saturated heterocycles. The summed E-state index contributed by atoms with van der Waals surface area (Å²) in [6.07, 6.45) is 0.722. The summed E-state index contributed by atoms with van der Waals surface area (Å²) in [4.78, 5) is 0. The Hall–Kier alpha value is -1.06. The number of aromatic hydroxyl groups is 1. The average molecular weight is 195 g/mol. The van der Waals surface area contributed by atoms with Crippen LogP contribution in [0.4, 0.5) is 0 Å². The van der Waals surface area contributed by atoms with Crippen molar-refractivity contribution in [3.63, 3.8) is 0 Å². The molecule has 1 aromatic carbocycles. The smallest absolute Gasteiger partial charge is 0.115 e. The molecule has 0 aliphatic heterocycles. The van der Waals surface area contributed by atoms with Gasteiger partial charge in [-0.1, -0.05) is 19.1 Å². The Bertz CT molecular complexity index is 278. The molecule has 0 fully saturated rings. The zero-order chi connectivity index (χ0) is 10.6. The van der Waals surface area contributed by atoms with Crippen LogP contribution >= 0.6 is 0 Å². The molecular formula is C11H17NO2. The zero-order valence-corrected chi connectivity index (χ0v) is 8.40. The van der Waals surface area contributed by atoms with Gasteiger partial charge in [0.1, 0.15) is 5.75 Å². The molecular weight excluding hydrogens is 178 g/mol. The summed E-state index contributed by atoms with van der Waals surface area (Å²) in [6, 6.07) is 6.98. The Kier molecular flexibility index (Phi) is 3.49. The third-order valence-corrected chi connectivity index (χ3v) is 2.44. The minimum absolute atomic E-state index is 0.0738. The highest BCUT2D eigenvalue weighted by Gasteiger charge is 2.21. The van der Waals surface area contributed by atoms with Crippen LogP contribution in [0.3, 0.4) is 0 Å². The van der Waals surface area contributed by atoms with E-state index in [1.165, 1.54) is 0 Å². The standard InChI is InChI=1S/C11H17NO2/c1-11(7-12,8-13)6-9-2-4-10(14)5-3-9/h2-5,13-14H,6-8,12H2,1H3. The lowest BCUT2D eigenvalue weighted by Crippen LogP contribution is -2.33. The molecule has 0 aromatic heterocycles. The first-order chi connectivity index (χ1) is 6.59. The molecule has 1 rings (SSSR count). The number of phenols is 1. The fourth-order valence-corrected chi connectivity index (χ4v) is 1.30. The topological polar surface area (TPSA) is 66.5 Å². The molecule has 78 valence electrons. The van der Waals surface area contributed by atoms with Gasteiger partial charge < -0.3 is 15.9 Å². The van der Waals surface area contributed by atoms with Crippen LogP contribution in [0, 0.1) is 5.41 Å². The second kappa shape index (κ2) is 4.44. The Morgan fingerprint density at radius 1 is 1.29 bits per heavy atom. The van der Waals surface area contributed by atoms with Crippen LogP contribution < -0.4 is 5.73 Å². The summed E-state index contributed by atoms with van der Waals surface area (Å²) in [6.45, 7) is 2.47. The van der Waals surface area contributed by atoms with E-state index in [2.05, 4.69) is 0 Å². The van der Waals surface area contributed by atoms with E-state index in [9.17, 15) is 5.11 Å². The number of hydrogen-bond acceptors (Lipinski definition) is 3. The van der Waals surface area contributed by atoms with Crippen molar-refractivity contribution in [3.8, 4) is 5.75 Å². The Labute approximate surface area is 84.2 Å². The van der Waals surface area contributed by atoms with Crippen LogP contribution in [0.1, 0.15) is 12.5 Å². The van der Waals surface area contributed by atoms with Gasteiger partial charge in [0, 0.05) is 18.6 Å². The number of aliphatic hydroxyl groups excluding tert-OH is 1. The van der Waals surface area contributed by atoms with Gasteiger partial charge in [-0.2, -0.15) is 0 Å². The lowest BCUT2D eigenvalue weighted by Gasteiger charge is -2.25. The van der Waals surface area contributed by atoms with Gasteiger partial charge in [0.2, 0.25) is 0 Å². The molecule has 4 N–H and O–H groups in total. The lowest BCUT2D eigenvalue weighted by atomic mass is 9.84. The molecule has 14 heavy (non-hydrogen) atoms. The SMILES string of the molecule is CC(CN)(CO)Cc1ccc(O)cc1. The highest BCUT2D eigenvalue weighted by molar-refractivity contribution is 5.26. The van der Waals surface area contributed by atoms with Crippen molar-refractivity contribution in [3.05, 3.63) is 29.8 Å². The van der Waals surface area contributed by atoms with Gasteiger partial charge in [-0.15, -0.1) is 0 Å². The molecule has 0 aliphatic rings. The largest absolute Gasteiger partial charge is 0.508 e. The Morgan fingerprint density at radius 2 is 1.86 bits per heavy atom. The van der Waals surface area contributed by atoms with E-state index in [0.29, 0.717) is 6.54 Å². The molecule has 3 heteroatoms. The van der Waals surface area contributed by atoms with E-state index < -0.39 is 0 Å². The quantitative estimate of drug-likeness (QED) is 0.668. The van der Waals surface area contributed by atoms with Gasteiger partial charge >= 0.3 is 0 Å². The first-order valence-corrected chi connectivity index (χ1v) is 4.68. The maximum Gasteiger partial charge on any atom is 0.115 e. The fraction of sp³-hybridized carbons (Fsp3) is 0.455. The molecule has 0 amide bonds. The van der Waals surface area contributed by atoms with Gasteiger partial charge in [0.25, 0.3) is 0 Å². The van der Waals surface area contributed by atoms with Gasteiger partial charge in [-0.25, -0.2) is 0 Å². The summed E-state index contributed by atoms with van der Waals surface area (Å²) in [5.74, 6) is 0.257. The van der Waals surface area contributed by atoms with Crippen molar-refractivity contribution < 1.29 is 10.2 Å². The number of hydrogen-bond donors (Lipinski definition) is 3. The molecule has 0 spiro atoms. The maximum atomic E-state index is 9.17. The van der Waals surface area contributed by atoms with Crippen molar-refractivity contribution in [1.29, 1.82) is 0 Å². The van der Waals surface area contributed by atoms with E-state index in [1.54, 1.807) is 12.1 Å². The summed E-state index contributed by atoms with van der Waals surface area (Å²) < 4.78 is 0. The Morgan fingerprint density at radius 3 is 2.29 bits per heavy atom. The van der Waals surface area contributed by atoms with Gasteiger partial charge in [0.15, 0.2) is 0 Å². The van der Waals surface area contributed by atoms with Crippen LogP contribution in [0.15, 0.2) is 24.3 Å². The summed E-state index contributed by atoms with van der Waals surface area (Å²) >= 11 is 0. The van der Waals surface area contributed by atoms with E-state index in [0.717, 1.165) is 12.0 Å². The molecule has 1 aromatic rings. The number of nitrogens with two attached hydrogens (primary N) is 1. The Balaban J connectivity index is 2.72. The third kappa shape index (κ3) is 2.72. The highest BCUT2D eigenvalue weighted by atomic mass is 16.3. The van der Waals surface area contributed by atoms with Crippen LogP contribution in [0.2, 0.25) is 0 Å². The average Bonchev–Trinajstić information content (AvgIpc) is 2.21. The minimum Gasteiger partial charge on any atom is -0.508 e. The summed E-state index contributed by atoms with van der Waals surface area (Å²) in [5.41, 5.74) is 6.39. The van der Waals surface area contributed by atoms with Crippen LogP contribution in [0.5, 0.6) is 5.75 Å². The van der Waals surface area contributed by atoms with E-state index >= 15 is 0 Å². The molecule has 0 bridgehead atoms. The van der Waals surface area contributed by atoms with Gasteiger partial charge in [0.05, 0.1) is 0 Å². The second-order valence-corrected chi connectivity index (χ2v) is 4.02. The third-order valence-electron chi connectivity index (χ3n) is 2.44. The molecule has 3 nitrogen and oxygen atoms in total. The van der Waals surface area contributed by atoms with Gasteiger partial charge in [-0.05, 0) is 24.1 Å². The lowest BCUT2D eigenvalue weighted by molar-refractivity contribution is 0.149. The van der Waals surface area contributed by atoms with Gasteiger partial charge in [-0.3, -0.25) is 0 Å². The zero-order valence-electron chi connectivity index (χ0n) is 8.40. The minimum atomic E-state index is -0.267. The maximum absolute atomic E-state index is 9.17. The van der Waals surface area contributed by atoms with Crippen LogP contribution in [-0.2, 0) is 6.42 Å². The number of rotatable bonds is 4. The van der Waals surface area contributed by atoms with E-state index in [-0.39, 0.29) is 17.8 Å². The van der Waals surface area contributed by atoms with E-state index in [1.807, 2.05) is 19.1 Å². The fourth-order valence-electron chi connectivity index (χ4n) is 1.30. The van der Waals surface area contributed by atoms with Crippen molar-refractivity contribution in [1.82, 2.24) is 0 Å². The predicted octanol–water partition coefficient (Wildman–Crippen LogP) is 0.892. The van der Waals surface area contributed by atoms with Crippen molar-refractivity contribution in [2.24, 2.45) is 11.1 Å². The molecule has 0 radical (unpaired) electrons. The summed E-state index contributed by atoms with van der Waals surface area (Å²) in [5, 5.41) is 18.3. The molecule has 0 aliphatic carbocycles. The van der Waals surface area contributed by atoms with Crippen molar-refractivity contribution >= 4 is 0 Å². The van der Waals surface area contributed by atoms with Crippen LogP contribution in [-0.4, -0.2) is 23.4 Å². The number of phenolic OH excluding ortho intramolecular Hbond substituents is 1. The normalized spacial score (nSPS) is 15.1.